The van der Waals surface area contributed by atoms with Gasteiger partial charge in [0.05, 0.1) is 6.10 Å². The average molecular weight is 278 g/mol. The number of unbranched alkanes of at least 4 members (excludes halogenated alkanes) is 1. The first-order valence-electron chi connectivity index (χ1n) is 6.85. The number of aliphatic hydroxyl groups is 2. The molecule has 0 saturated heterocycles. The number of rotatable bonds is 9. The summed E-state index contributed by atoms with van der Waals surface area (Å²) in [5.74, 6) is -1.03. The van der Waals surface area contributed by atoms with Gasteiger partial charge in [-0.1, -0.05) is 42.5 Å². The molecule has 0 spiro atoms. The highest BCUT2D eigenvalue weighted by atomic mass is 16.4. The quantitative estimate of drug-likeness (QED) is 0.479. The van der Waals surface area contributed by atoms with E-state index >= 15 is 0 Å². The van der Waals surface area contributed by atoms with Crippen LogP contribution in [-0.4, -0.2) is 27.9 Å². The number of aliphatic hydroxyl groups excluding tert-OH is 2. The molecule has 0 heterocycles. The highest BCUT2D eigenvalue weighted by Gasteiger charge is 2.18. The molecule has 4 nitrogen and oxygen atoms in total. The van der Waals surface area contributed by atoms with Crippen LogP contribution in [-0.2, 0) is 4.79 Å². The molecule has 0 aromatic heterocycles. The predicted molar refractivity (Wildman–Crippen MR) is 77.2 cm³/mol. The number of aliphatic carboxylic acids is 1. The molecule has 20 heavy (non-hydrogen) atoms. The maximum absolute atomic E-state index is 10.3. The van der Waals surface area contributed by atoms with E-state index in [1.807, 2.05) is 42.5 Å². The number of hydrogen-bond acceptors (Lipinski definition) is 3. The number of carbonyl (C=O) groups is 1. The molecule has 0 aliphatic heterocycles. The molecular weight excluding hydrogens is 256 g/mol. The van der Waals surface area contributed by atoms with Gasteiger partial charge in [-0.05, 0) is 24.8 Å². The van der Waals surface area contributed by atoms with Crippen molar-refractivity contribution in [3.63, 3.8) is 0 Å². The Bertz CT molecular complexity index is 414. The first kappa shape index (κ1) is 16.4. The standard InChI is InChI=1S/C16H22O4/c17-12-14(10-4-1-2-7-11-15(18)19)16(20)13-8-5-3-6-9-13/h1,3-6,8-9,14,16-17,20H,2,7,10-12H2,(H,18,19)/b4-1-. The van der Waals surface area contributed by atoms with Gasteiger partial charge in [0, 0.05) is 18.9 Å². The molecule has 0 saturated carbocycles. The fraction of sp³-hybridized carbons (Fsp3) is 0.438. The summed E-state index contributed by atoms with van der Waals surface area (Å²) in [6.45, 7) is -0.0878. The van der Waals surface area contributed by atoms with Gasteiger partial charge in [-0.15, -0.1) is 0 Å². The molecule has 0 fully saturated rings. The topological polar surface area (TPSA) is 77.8 Å². The molecule has 0 bridgehead atoms. The molecule has 0 amide bonds. The van der Waals surface area contributed by atoms with Gasteiger partial charge in [0.1, 0.15) is 0 Å². The van der Waals surface area contributed by atoms with Crippen LogP contribution in [0.5, 0.6) is 0 Å². The maximum atomic E-state index is 10.3. The Balaban J connectivity index is 2.39. The summed E-state index contributed by atoms with van der Waals surface area (Å²) in [4.78, 5) is 10.3. The Hall–Kier alpha value is -1.65. The van der Waals surface area contributed by atoms with Crippen molar-refractivity contribution in [3.8, 4) is 0 Å². The zero-order valence-electron chi connectivity index (χ0n) is 11.5. The van der Waals surface area contributed by atoms with E-state index in [0.29, 0.717) is 19.3 Å². The monoisotopic (exact) mass is 278 g/mol. The molecule has 1 rings (SSSR count). The van der Waals surface area contributed by atoms with Gasteiger partial charge in [-0.25, -0.2) is 0 Å². The molecular formula is C16H22O4. The lowest BCUT2D eigenvalue weighted by atomic mass is 9.93. The number of allylic oxidation sites excluding steroid dienone is 2. The fourth-order valence-electron chi connectivity index (χ4n) is 1.99. The third-order valence-electron chi connectivity index (χ3n) is 3.19. The van der Waals surface area contributed by atoms with E-state index in [-0.39, 0.29) is 18.9 Å². The van der Waals surface area contributed by atoms with Gasteiger partial charge in [0.25, 0.3) is 0 Å². The minimum Gasteiger partial charge on any atom is -0.481 e. The van der Waals surface area contributed by atoms with E-state index < -0.39 is 12.1 Å². The summed E-state index contributed by atoms with van der Waals surface area (Å²) in [5.41, 5.74) is 0.797. The summed E-state index contributed by atoms with van der Waals surface area (Å²) < 4.78 is 0. The van der Waals surface area contributed by atoms with Crippen LogP contribution >= 0.6 is 0 Å². The van der Waals surface area contributed by atoms with Crippen molar-refractivity contribution in [2.45, 2.75) is 31.8 Å². The second kappa shape index (κ2) is 9.28. The molecule has 110 valence electrons. The van der Waals surface area contributed by atoms with E-state index in [0.717, 1.165) is 5.56 Å². The van der Waals surface area contributed by atoms with Crippen molar-refractivity contribution >= 4 is 5.97 Å². The van der Waals surface area contributed by atoms with E-state index in [1.54, 1.807) is 0 Å². The molecule has 3 N–H and O–H groups in total. The van der Waals surface area contributed by atoms with Gasteiger partial charge < -0.3 is 15.3 Å². The second-order valence-corrected chi connectivity index (χ2v) is 4.79. The normalized spacial score (nSPS) is 14.3. The number of benzene rings is 1. The van der Waals surface area contributed by atoms with Crippen LogP contribution < -0.4 is 0 Å². The summed E-state index contributed by atoms with van der Waals surface area (Å²) in [6, 6.07) is 9.27. The molecule has 0 aliphatic carbocycles. The first-order valence-corrected chi connectivity index (χ1v) is 6.85. The maximum Gasteiger partial charge on any atom is 0.303 e. The summed E-state index contributed by atoms with van der Waals surface area (Å²) >= 11 is 0. The molecule has 0 radical (unpaired) electrons. The summed E-state index contributed by atoms with van der Waals surface area (Å²) in [6.07, 6.45) is 5.16. The third kappa shape index (κ3) is 5.99. The van der Waals surface area contributed by atoms with Crippen LogP contribution in [0.15, 0.2) is 42.5 Å². The summed E-state index contributed by atoms with van der Waals surface area (Å²) in [7, 11) is 0. The Labute approximate surface area is 119 Å². The van der Waals surface area contributed by atoms with E-state index in [9.17, 15) is 15.0 Å². The van der Waals surface area contributed by atoms with Crippen LogP contribution in [0.1, 0.15) is 37.4 Å². The van der Waals surface area contributed by atoms with Gasteiger partial charge in [0.2, 0.25) is 0 Å². The molecule has 2 unspecified atom stereocenters. The van der Waals surface area contributed by atoms with Gasteiger partial charge in [-0.3, -0.25) is 4.79 Å². The first-order chi connectivity index (χ1) is 9.65. The molecule has 2 atom stereocenters. The minimum atomic E-state index is -0.786. The van der Waals surface area contributed by atoms with Crippen LogP contribution in [0, 0.1) is 5.92 Å². The van der Waals surface area contributed by atoms with Crippen molar-refractivity contribution in [2.24, 2.45) is 5.92 Å². The SMILES string of the molecule is O=C(O)CCC/C=C\CC(CO)C(O)c1ccccc1. The van der Waals surface area contributed by atoms with Crippen molar-refractivity contribution < 1.29 is 20.1 Å². The van der Waals surface area contributed by atoms with Gasteiger partial charge in [0.15, 0.2) is 0 Å². The highest BCUT2D eigenvalue weighted by molar-refractivity contribution is 5.66. The van der Waals surface area contributed by atoms with E-state index in [1.165, 1.54) is 0 Å². The largest absolute Gasteiger partial charge is 0.481 e. The number of carboxylic acids is 1. The molecule has 4 heteroatoms. The van der Waals surface area contributed by atoms with Crippen molar-refractivity contribution in [1.82, 2.24) is 0 Å². The fourth-order valence-corrected chi connectivity index (χ4v) is 1.99. The Morgan fingerprint density at radius 1 is 1.20 bits per heavy atom. The molecule has 1 aromatic rings. The van der Waals surface area contributed by atoms with E-state index in [2.05, 4.69) is 0 Å². The Kier molecular flexibility index (Phi) is 7.62. The third-order valence-corrected chi connectivity index (χ3v) is 3.19. The van der Waals surface area contributed by atoms with Crippen LogP contribution in [0.25, 0.3) is 0 Å². The smallest absolute Gasteiger partial charge is 0.303 e. The zero-order valence-corrected chi connectivity index (χ0v) is 11.5. The number of carboxylic acid groups (broad SMARTS) is 1. The van der Waals surface area contributed by atoms with Crippen molar-refractivity contribution in [3.05, 3.63) is 48.0 Å². The highest BCUT2D eigenvalue weighted by Crippen LogP contribution is 2.24. The van der Waals surface area contributed by atoms with Gasteiger partial charge in [-0.2, -0.15) is 0 Å². The Morgan fingerprint density at radius 2 is 1.90 bits per heavy atom. The zero-order chi connectivity index (χ0) is 14.8. The van der Waals surface area contributed by atoms with E-state index in [4.69, 9.17) is 5.11 Å². The minimum absolute atomic E-state index is 0.0878. The molecule has 1 aromatic carbocycles. The molecule has 0 aliphatic rings. The lowest BCUT2D eigenvalue weighted by Crippen LogP contribution is -2.15. The van der Waals surface area contributed by atoms with Crippen molar-refractivity contribution in [1.29, 1.82) is 0 Å². The Morgan fingerprint density at radius 3 is 2.50 bits per heavy atom. The van der Waals surface area contributed by atoms with Gasteiger partial charge >= 0.3 is 5.97 Å². The average Bonchev–Trinajstić information content (AvgIpc) is 2.46. The second-order valence-electron chi connectivity index (χ2n) is 4.79. The van der Waals surface area contributed by atoms with Crippen molar-refractivity contribution in [2.75, 3.05) is 6.61 Å². The lowest BCUT2D eigenvalue weighted by molar-refractivity contribution is -0.137. The van der Waals surface area contributed by atoms with Crippen LogP contribution in [0.3, 0.4) is 0 Å². The lowest BCUT2D eigenvalue weighted by Gasteiger charge is -2.19. The summed E-state index contributed by atoms with van der Waals surface area (Å²) in [5, 5.41) is 28.1. The van der Waals surface area contributed by atoms with Crippen LogP contribution in [0.2, 0.25) is 0 Å². The van der Waals surface area contributed by atoms with Crippen LogP contribution in [0.4, 0.5) is 0 Å². The number of hydrogen-bond donors (Lipinski definition) is 3. The predicted octanol–water partition coefficient (Wildman–Crippen LogP) is 2.53.